The second-order valence-electron chi connectivity index (χ2n) is 6.33. The van der Waals surface area contributed by atoms with E-state index in [1.54, 1.807) is 0 Å². The van der Waals surface area contributed by atoms with Crippen LogP contribution in [0.25, 0.3) is 10.8 Å². The van der Waals surface area contributed by atoms with E-state index in [0.29, 0.717) is 12.1 Å². The van der Waals surface area contributed by atoms with Crippen molar-refractivity contribution in [2.45, 2.75) is 6.54 Å². The van der Waals surface area contributed by atoms with E-state index in [-0.39, 0.29) is 5.91 Å². The first-order chi connectivity index (χ1) is 12.8. The molecule has 1 N–H and O–H groups in total. The topological polar surface area (TPSA) is 54.5 Å². The first-order valence-corrected chi connectivity index (χ1v) is 8.85. The van der Waals surface area contributed by atoms with E-state index in [9.17, 15) is 4.79 Å². The third-order valence-electron chi connectivity index (χ3n) is 4.57. The number of benzene rings is 2. The third-order valence-corrected chi connectivity index (χ3v) is 4.57. The number of hydrogen-bond donors (Lipinski definition) is 1. The highest BCUT2D eigenvalue weighted by Gasteiger charge is 2.13. The molecule has 0 unspecified atom stereocenters. The zero-order valence-corrected chi connectivity index (χ0v) is 14.5. The molecule has 0 aliphatic carbocycles. The van der Waals surface area contributed by atoms with Crippen molar-refractivity contribution in [2.24, 2.45) is 0 Å². The van der Waals surface area contributed by atoms with Gasteiger partial charge in [-0.3, -0.25) is 4.79 Å². The minimum atomic E-state index is -0.0886. The Bertz CT molecular complexity index is 920. The SMILES string of the molecule is O=C(NCc1cccc(N2CCOCC2)n1)c1ccc2ccccc2c1. The predicted molar refractivity (Wildman–Crippen MR) is 102 cm³/mol. The summed E-state index contributed by atoms with van der Waals surface area (Å²) in [6.07, 6.45) is 0. The molecular weight excluding hydrogens is 326 g/mol. The van der Waals surface area contributed by atoms with Crippen molar-refractivity contribution in [3.8, 4) is 0 Å². The Morgan fingerprint density at radius 1 is 1.00 bits per heavy atom. The number of fused-ring (bicyclic) bond motifs is 1. The van der Waals surface area contributed by atoms with E-state index in [1.807, 2.05) is 60.7 Å². The van der Waals surface area contributed by atoms with E-state index < -0.39 is 0 Å². The lowest BCUT2D eigenvalue weighted by Gasteiger charge is -2.28. The average Bonchev–Trinajstić information content (AvgIpc) is 2.72. The fourth-order valence-electron chi connectivity index (χ4n) is 3.14. The molecule has 4 rings (SSSR count). The molecule has 5 heteroatoms. The summed E-state index contributed by atoms with van der Waals surface area (Å²) in [6.45, 7) is 3.55. The van der Waals surface area contributed by atoms with E-state index in [2.05, 4.69) is 15.2 Å². The second-order valence-corrected chi connectivity index (χ2v) is 6.33. The maximum atomic E-state index is 12.5. The summed E-state index contributed by atoms with van der Waals surface area (Å²) >= 11 is 0. The molecule has 1 aliphatic heterocycles. The number of morpholine rings is 1. The smallest absolute Gasteiger partial charge is 0.251 e. The average molecular weight is 347 g/mol. The Morgan fingerprint density at radius 2 is 1.81 bits per heavy atom. The number of aromatic nitrogens is 1. The quantitative estimate of drug-likeness (QED) is 0.788. The molecule has 2 heterocycles. The summed E-state index contributed by atoms with van der Waals surface area (Å²) in [5, 5.41) is 5.16. The lowest BCUT2D eigenvalue weighted by molar-refractivity contribution is 0.0950. The van der Waals surface area contributed by atoms with Crippen molar-refractivity contribution >= 4 is 22.5 Å². The number of ether oxygens (including phenoxy) is 1. The van der Waals surface area contributed by atoms with Crippen LogP contribution < -0.4 is 10.2 Å². The third kappa shape index (κ3) is 3.68. The van der Waals surface area contributed by atoms with Gasteiger partial charge in [0.2, 0.25) is 0 Å². The van der Waals surface area contributed by atoms with Gasteiger partial charge in [-0.25, -0.2) is 4.98 Å². The summed E-state index contributed by atoms with van der Waals surface area (Å²) in [4.78, 5) is 19.4. The predicted octanol–water partition coefficient (Wildman–Crippen LogP) is 3.00. The van der Waals surface area contributed by atoms with Crippen molar-refractivity contribution in [1.29, 1.82) is 0 Å². The van der Waals surface area contributed by atoms with Gasteiger partial charge in [0.25, 0.3) is 5.91 Å². The highest BCUT2D eigenvalue weighted by molar-refractivity contribution is 5.98. The molecule has 0 radical (unpaired) electrons. The highest BCUT2D eigenvalue weighted by atomic mass is 16.5. The zero-order valence-electron chi connectivity index (χ0n) is 14.5. The number of nitrogens with zero attached hydrogens (tertiary/aromatic N) is 2. The van der Waals surface area contributed by atoms with Crippen LogP contribution in [-0.2, 0) is 11.3 Å². The normalized spacial score (nSPS) is 14.4. The summed E-state index contributed by atoms with van der Waals surface area (Å²) in [7, 11) is 0. The molecule has 1 aromatic heterocycles. The van der Waals surface area contributed by atoms with Crippen LogP contribution in [0.1, 0.15) is 16.1 Å². The number of rotatable bonds is 4. The number of carbonyl (C=O) groups is 1. The van der Waals surface area contributed by atoms with Gasteiger partial charge in [-0.1, -0.05) is 36.4 Å². The molecule has 1 amide bonds. The molecule has 3 aromatic rings. The minimum Gasteiger partial charge on any atom is -0.378 e. The maximum Gasteiger partial charge on any atom is 0.251 e. The molecule has 132 valence electrons. The van der Waals surface area contributed by atoms with Crippen LogP contribution >= 0.6 is 0 Å². The number of nitrogens with one attached hydrogen (secondary N) is 1. The summed E-state index contributed by atoms with van der Waals surface area (Å²) in [5.41, 5.74) is 1.51. The van der Waals surface area contributed by atoms with Crippen molar-refractivity contribution in [2.75, 3.05) is 31.2 Å². The Labute approximate surface area is 152 Å². The van der Waals surface area contributed by atoms with Crippen LogP contribution in [0.15, 0.2) is 60.7 Å². The van der Waals surface area contributed by atoms with Crippen LogP contribution in [-0.4, -0.2) is 37.2 Å². The fourth-order valence-corrected chi connectivity index (χ4v) is 3.14. The first-order valence-electron chi connectivity index (χ1n) is 8.85. The van der Waals surface area contributed by atoms with E-state index >= 15 is 0 Å². The molecular formula is C21H21N3O2. The van der Waals surface area contributed by atoms with Crippen molar-refractivity contribution in [3.63, 3.8) is 0 Å². The summed E-state index contributed by atoms with van der Waals surface area (Å²) in [6, 6.07) is 19.7. The Hall–Kier alpha value is -2.92. The number of hydrogen-bond acceptors (Lipinski definition) is 4. The second kappa shape index (κ2) is 7.54. The number of pyridine rings is 1. The molecule has 1 fully saturated rings. The maximum absolute atomic E-state index is 12.5. The van der Waals surface area contributed by atoms with Gasteiger partial charge in [0.15, 0.2) is 0 Å². The largest absolute Gasteiger partial charge is 0.378 e. The Morgan fingerprint density at radius 3 is 2.65 bits per heavy atom. The first kappa shape index (κ1) is 16.5. The summed E-state index contributed by atoms with van der Waals surface area (Å²) < 4.78 is 5.38. The molecule has 26 heavy (non-hydrogen) atoms. The van der Waals surface area contributed by atoms with Crippen LogP contribution in [0.3, 0.4) is 0 Å². The van der Waals surface area contributed by atoms with Gasteiger partial charge in [0.05, 0.1) is 25.5 Å². The van der Waals surface area contributed by atoms with Crippen LogP contribution in [0.4, 0.5) is 5.82 Å². The van der Waals surface area contributed by atoms with Crippen LogP contribution in [0.5, 0.6) is 0 Å². The van der Waals surface area contributed by atoms with Gasteiger partial charge in [-0.15, -0.1) is 0 Å². The van der Waals surface area contributed by atoms with Gasteiger partial charge in [-0.2, -0.15) is 0 Å². The summed E-state index contributed by atoms with van der Waals surface area (Å²) in [5.74, 6) is 0.847. The van der Waals surface area contributed by atoms with Gasteiger partial charge in [-0.05, 0) is 35.0 Å². The zero-order chi connectivity index (χ0) is 17.8. The molecule has 0 bridgehead atoms. The van der Waals surface area contributed by atoms with Gasteiger partial charge in [0.1, 0.15) is 5.82 Å². The van der Waals surface area contributed by atoms with Crippen molar-refractivity contribution in [1.82, 2.24) is 10.3 Å². The Kier molecular flexibility index (Phi) is 4.80. The van der Waals surface area contributed by atoms with E-state index in [0.717, 1.165) is 48.6 Å². The molecule has 0 atom stereocenters. The molecule has 1 saturated heterocycles. The molecule has 0 saturated carbocycles. The minimum absolute atomic E-state index is 0.0886. The van der Waals surface area contributed by atoms with Crippen LogP contribution in [0.2, 0.25) is 0 Å². The lowest BCUT2D eigenvalue weighted by atomic mass is 10.1. The highest BCUT2D eigenvalue weighted by Crippen LogP contribution is 2.16. The number of amides is 1. The molecule has 1 aliphatic rings. The number of carbonyl (C=O) groups excluding carboxylic acids is 1. The van der Waals surface area contributed by atoms with E-state index in [4.69, 9.17) is 4.74 Å². The van der Waals surface area contributed by atoms with E-state index in [1.165, 1.54) is 0 Å². The van der Waals surface area contributed by atoms with Gasteiger partial charge in [0, 0.05) is 18.7 Å². The molecule has 2 aromatic carbocycles. The molecule has 5 nitrogen and oxygen atoms in total. The fraction of sp³-hybridized carbons (Fsp3) is 0.238. The van der Waals surface area contributed by atoms with Gasteiger partial charge >= 0.3 is 0 Å². The standard InChI is InChI=1S/C21H21N3O2/c25-21(18-9-8-16-4-1-2-5-17(16)14-18)22-15-19-6-3-7-20(23-19)24-10-12-26-13-11-24/h1-9,14H,10-13,15H2,(H,22,25). The molecule has 0 spiro atoms. The number of anilines is 1. The lowest BCUT2D eigenvalue weighted by Crippen LogP contribution is -2.37. The monoisotopic (exact) mass is 347 g/mol. The van der Waals surface area contributed by atoms with Crippen molar-refractivity contribution in [3.05, 3.63) is 71.9 Å². The Balaban J connectivity index is 1.43. The van der Waals surface area contributed by atoms with Crippen LogP contribution in [0, 0.1) is 0 Å². The van der Waals surface area contributed by atoms with Crippen molar-refractivity contribution < 1.29 is 9.53 Å². The van der Waals surface area contributed by atoms with Gasteiger partial charge < -0.3 is 15.0 Å².